The molecule has 0 aromatic heterocycles. The maximum Gasteiger partial charge on any atom is 0.337 e. The average molecular weight is 350 g/mol. The van der Waals surface area contributed by atoms with Crippen LogP contribution >= 0.6 is 15.9 Å². The first-order chi connectivity index (χ1) is 9.88. The number of carbonyl (C=O) groups excluding carboxylic acids is 1. The van der Waals surface area contributed by atoms with Gasteiger partial charge in [-0.15, -0.1) is 0 Å². The predicted octanol–water partition coefficient (Wildman–Crippen LogP) is 3.41. The molecular formula is C15H12BrNO4. The summed E-state index contributed by atoms with van der Waals surface area (Å²) in [6.45, 7) is 1.67. The minimum Gasteiger partial charge on any atom is -0.508 e. The number of phenols is 1. The Morgan fingerprint density at radius 3 is 2.48 bits per heavy atom. The van der Waals surface area contributed by atoms with E-state index in [1.807, 2.05) is 0 Å². The van der Waals surface area contributed by atoms with Gasteiger partial charge in [0.2, 0.25) is 0 Å². The highest BCUT2D eigenvalue weighted by Gasteiger charge is 2.14. The molecule has 0 saturated carbocycles. The molecule has 1 amide bonds. The van der Waals surface area contributed by atoms with E-state index in [1.165, 1.54) is 30.3 Å². The Bertz CT molecular complexity index is 728. The number of carbonyl (C=O) groups is 2. The zero-order valence-corrected chi connectivity index (χ0v) is 12.6. The van der Waals surface area contributed by atoms with Gasteiger partial charge in [0.25, 0.3) is 5.91 Å². The number of anilines is 1. The number of halogens is 1. The smallest absolute Gasteiger partial charge is 0.337 e. The second-order valence-electron chi connectivity index (χ2n) is 4.45. The Kier molecular flexibility index (Phi) is 4.28. The van der Waals surface area contributed by atoms with Gasteiger partial charge in [0.1, 0.15) is 5.75 Å². The lowest BCUT2D eigenvalue weighted by Gasteiger charge is -2.10. The van der Waals surface area contributed by atoms with E-state index in [0.29, 0.717) is 15.6 Å². The summed E-state index contributed by atoms with van der Waals surface area (Å²) in [5.41, 5.74) is 1.10. The number of rotatable bonds is 3. The van der Waals surface area contributed by atoms with Crippen LogP contribution in [0.2, 0.25) is 0 Å². The molecule has 0 atom stereocenters. The van der Waals surface area contributed by atoms with E-state index in [4.69, 9.17) is 5.11 Å². The van der Waals surface area contributed by atoms with Crippen LogP contribution in [0.25, 0.3) is 0 Å². The van der Waals surface area contributed by atoms with E-state index in [9.17, 15) is 14.7 Å². The van der Waals surface area contributed by atoms with E-state index < -0.39 is 11.9 Å². The normalized spacial score (nSPS) is 10.2. The first kappa shape index (κ1) is 15.1. The number of benzene rings is 2. The summed E-state index contributed by atoms with van der Waals surface area (Å²) < 4.78 is 0.657. The first-order valence-electron chi connectivity index (χ1n) is 6.02. The lowest BCUT2D eigenvalue weighted by atomic mass is 10.1. The monoisotopic (exact) mass is 349 g/mol. The molecule has 0 radical (unpaired) electrons. The van der Waals surface area contributed by atoms with Crippen LogP contribution in [0.3, 0.4) is 0 Å². The van der Waals surface area contributed by atoms with Crippen LogP contribution in [-0.2, 0) is 0 Å². The summed E-state index contributed by atoms with van der Waals surface area (Å²) in [6, 6.07) is 8.94. The molecule has 0 unspecified atom stereocenters. The third-order valence-corrected chi connectivity index (χ3v) is 3.41. The third kappa shape index (κ3) is 3.41. The number of carboxylic acids is 1. The van der Waals surface area contributed by atoms with Gasteiger partial charge in [0, 0.05) is 10.0 Å². The molecule has 0 spiro atoms. The van der Waals surface area contributed by atoms with Gasteiger partial charge in [-0.1, -0.05) is 15.9 Å². The number of amides is 1. The molecule has 0 fully saturated rings. The largest absolute Gasteiger partial charge is 0.508 e. The van der Waals surface area contributed by atoms with Gasteiger partial charge < -0.3 is 15.5 Å². The summed E-state index contributed by atoms with van der Waals surface area (Å²) in [4.78, 5) is 23.3. The van der Waals surface area contributed by atoms with Crippen molar-refractivity contribution >= 4 is 33.5 Å². The third-order valence-electron chi connectivity index (χ3n) is 2.92. The minimum absolute atomic E-state index is 0.00190. The fraction of sp³-hybridized carbons (Fsp3) is 0.0667. The zero-order chi connectivity index (χ0) is 15.6. The lowest BCUT2D eigenvalue weighted by Crippen LogP contribution is -2.15. The summed E-state index contributed by atoms with van der Waals surface area (Å²) >= 11 is 3.24. The molecular weight excluding hydrogens is 338 g/mol. The highest BCUT2D eigenvalue weighted by atomic mass is 79.9. The molecule has 0 bridgehead atoms. The van der Waals surface area contributed by atoms with Gasteiger partial charge in [0.05, 0.1) is 11.3 Å². The standard InChI is InChI=1S/C15H12BrNO4/c1-8-6-9(2-5-13(8)18)14(19)17-12-7-10(16)3-4-11(12)15(20)21/h2-7,18H,1H3,(H,17,19)(H,20,21). The fourth-order valence-electron chi connectivity index (χ4n) is 1.80. The molecule has 0 aliphatic rings. The van der Waals surface area contributed by atoms with Crippen LogP contribution in [0, 0.1) is 6.92 Å². The van der Waals surface area contributed by atoms with Gasteiger partial charge in [-0.05, 0) is 48.9 Å². The Hall–Kier alpha value is -2.34. The van der Waals surface area contributed by atoms with Crippen LogP contribution in [0.5, 0.6) is 5.75 Å². The number of aromatic carboxylic acids is 1. The van der Waals surface area contributed by atoms with Gasteiger partial charge in [-0.3, -0.25) is 4.79 Å². The Balaban J connectivity index is 2.33. The number of phenolic OH excluding ortho intramolecular Hbond substituents is 1. The Morgan fingerprint density at radius 1 is 1.14 bits per heavy atom. The molecule has 2 aromatic carbocycles. The van der Waals surface area contributed by atoms with Crippen molar-refractivity contribution in [3.05, 3.63) is 57.6 Å². The van der Waals surface area contributed by atoms with Crippen molar-refractivity contribution in [3.8, 4) is 5.75 Å². The molecule has 0 heterocycles. The quantitative estimate of drug-likeness (QED) is 0.792. The highest BCUT2D eigenvalue weighted by Crippen LogP contribution is 2.23. The van der Waals surface area contributed by atoms with Crippen LogP contribution in [0.15, 0.2) is 40.9 Å². The molecule has 2 aromatic rings. The van der Waals surface area contributed by atoms with Gasteiger partial charge in [-0.2, -0.15) is 0 Å². The maximum absolute atomic E-state index is 12.2. The lowest BCUT2D eigenvalue weighted by molar-refractivity contribution is 0.0698. The van der Waals surface area contributed by atoms with Crippen molar-refractivity contribution in [2.45, 2.75) is 6.92 Å². The van der Waals surface area contributed by atoms with Crippen LogP contribution < -0.4 is 5.32 Å². The van der Waals surface area contributed by atoms with Gasteiger partial charge in [0.15, 0.2) is 0 Å². The van der Waals surface area contributed by atoms with Crippen molar-refractivity contribution in [2.24, 2.45) is 0 Å². The molecule has 0 aliphatic carbocycles. The molecule has 108 valence electrons. The zero-order valence-electron chi connectivity index (χ0n) is 11.1. The highest BCUT2D eigenvalue weighted by molar-refractivity contribution is 9.10. The molecule has 2 rings (SSSR count). The molecule has 3 N–H and O–H groups in total. The molecule has 6 heteroatoms. The summed E-state index contributed by atoms with van der Waals surface area (Å²) in [7, 11) is 0. The van der Waals surface area contributed by atoms with Crippen molar-refractivity contribution in [1.29, 1.82) is 0 Å². The minimum atomic E-state index is -1.13. The van der Waals surface area contributed by atoms with Crippen molar-refractivity contribution in [2.75, 3.05) is 5.32 Å². The maximum atomic E-state index is 12.2. The van der Waals surface area contributed by atoms with Gasteiger partial charge in [-0.25, -0.2) is 4.79 Å². The van der Waals surface area contributed by atoms with Gasteiger partial charge >= 0.3 is 5.97 Å². The second kappa shape index (κ2) is 5.97. The number of aryl methyl sites for hydroxylation is 1. The average Bonchev–Trinajstić information content (AvgIpc) is 2.41. The number of hydrogen-bond acceptors (Lipinski definition) is 3. The SMILES string of the molecule is Cc1cc(C(=O)Nc2cc(Br)ccc2C(=O)O)ccc1O. The Labute approximate surface area is 129 Å². The number of hydrogen-bond donors (Lipinski definition) is 3. The summed E-state index contributed by atoms with van der Waals surface area (Å²) in [5.74, 6) is -1.47. The van der Waals surface area contributed by atoms with E-state index in [0.717, 1.165) is 0 Å². The molecule has 21 heavy (non-hydrogen) atoms. The molecule has 0 aliphatic heterocycles. The van der Waals surface area contributed by atoms with Crippen LogP contribution in [-0.4, -0.2) is 22.1 Å². The van der Waals surface area contributed by atoms with Crippen molar-refractivity contribution < 1.29 is 19.8 Å². The van der Waals surface area contributed by atoms with Crippen LogP contribution in [0.4, 0.5) is 5.69 Å². The van der Waals surface area contributed by atoms with Crippen molar-refractivity contribution in [1.82, 2.24) is 0 Å². The van der Waals surface area contributed by atoms with E-state index in [1.54, 1.807) is 13.0 Å². The number of nitrogens with one attached hydrogen (secondary N) is 1. The Morgan fingerprint density at radius 2 is 1.86 bits per heavy atom. The molecule has 5 nitrogen and oxygen atoms in total. The topological polar surface area (TPSA) is 86.6 Å². The first-order valence-corrected chi connectivity index (χ1v) is 6.81. The summed E-state index contributed by atoms with van der Waals surface area (Å²) in [5, 5.41) is 21.1. The summed E-state index contributed by atoms with van der Waals surface area (Å²) in [6.07, 6.45) is 0. The van der Waals surface area contributed by atoms with Crippen molar-refractivity contribution in [3.63, 3.8) is 0 Å². The second-order valence-corrected chi connectivity index (χ2v) is 5.37. The number of carboxylic acid groups (broad SMARTS) is 1. The van der Waals surface area contributed by atoms with E-state index in [2.05, 4.69) is 21.2 Å². The van der Waals surface area contributed by atoms with E-state index in [-0.39, 0.29) is 17.0 Å². The fourth-order valence-corrected chi connectivity index (χ4v) is 2.16. The predicted molar refractivity (Wildman–Crippen MR) is 81.9 cm³/mol. The van der Waals surface area contributed by atoms with Crippen LogP contribution in [0.1, 0.15) is 26.3 Å². The number of aromatic hydroxyl groups is 1. The molecule has 0 saturated heterocycles. The van der Waals surface area contributed by atoms with E-state index >= 15 is 0 Å².